The number of hydrogen-bond acceptors (Lipinski definition) is 4. The van der Waals surface area contributed by atoms with Gasteiger partial charge in [0.05, 0.1) is 0 Å². The van der Waals surface area contributed by atoms with Gasteiger partial charge in [-0.05, 0) is 30.9 Å². The quantitative estimate of drug-likeness (QED) is 0.729. The molecule has 1 rings (SSSR count). The average Bonchev–Trinajstić information content (AvgIpc) is 2.38. The Morgan fingerprint density at radius 3 is 2.74 bits per heavy atom. The first-order valence-electron chi connectivity index (χ1n) is 6.56. The molecule has 0 aliphatic rings. The van der Waals surface area contributed by atoms with Gasteiger partial charge < -0.3 is 10.4 Å². The summed E-state index contributed by atoms with van der Waals surface area (Å²) in [6, 6.07) is 3.46. The van der Waals surface area contributed by atoms with Crippen molar-refractivity contribution < 1.29 is 9.90 Å². The van der Waals surface area contributed by atoms with Crippen LogP contribution >= 0.6 is 11.6 Å². The molecule has 1 heterocycles. The van der Waals surface area contributed by atoms with E-state index >= 15 is 0 Å². The van der Waals surface area contributed by atoms with Gasteiger partial charge in [-0.25, -0.2) is 0 Å². The third kappa shape index (κ3) is 6.96. The molecular formula is C13H20ClN3O2. The summed E-state index contributed by atoms with van der Waals surface area (Å²) in [5, 5.41) is 19.9. The van der Waals surface area contributed by atoms with E-state index in [0.717, 1.165) is 32.2 Å². The number of anilines is 1. The van der Waals surface area contributed by atoms with Crippen molar-refractivity contribution in [1.29, 1.82) is 0 Å². The van der Waals surface area contributed by atoms with E-state index in [-0.39, 0.29) is 6.42 Å². The highest BCUT2D eigenvalue weighted by Crippen LogP contribution is 2.18. The van der Waals surface area contributed by atoms with Gasteiger partial charge in [0.2, 0.25) is 0 Å². The largest absolute Gasteiger partial charge is 0.481 e. The number of aliphatic carboxylic acids is 1. The number of nitrogens with zero attached hydrogens (tertiary/aromatic N) is 2. The van der Waals surface area contributed by atoms with E-state index in [0.29, 0.717) is 16.9 Å². The lowest BCUT2D eigenvalue weighted by Gasteiger charge is -2.15. The van der Waals surface area contributed by atoms with Crippen molar-refractivity contribution in [3.63, 3.8) is 0 Å². The van der Waals surface area contributed by atoms with Crippen LogP contribution in [0.25, 0.3) is 0 Å². The minimum atomic E-state index is -0.724. The fraction of sp³-hybridized carbons (Fsp3) is 0.615. The van der Waals surface area contributed by atoms with E-state index in [4.69, 9.17) is 16.7 Å². The zero-order valence-electron chi connectivity index (χ0n) is 11.1. The molecule has 1 atom stereocenters. The van der Waals surface area contributed by atoms with Crippen molar-refractivity contribution in [2.24, 2.45) is 5.92 Å². The first-order valence-corrected chi connectivity index (χ1v) is 6.94. The third-order valence-electron chi connectivity index (χ3n) is 2.95. The molecule has 0 saturated carbocycles. The predicted octanol–water partition coefficient (Wildman–Crippen LogP) is 3.21. The van der Waals surface area contributed by atoms with Crippen LogP contribution in [0.4, 0.5) is 5.82 Å². The Balaban J connectivity index is 2.30. The van der Waals surface area contributed by atoms with Crippen LogP contribution in [-0.2, 0) is 4.79 Å². The van der Waals surface area contributed by atoms with Crippen molar-refractivity contribution in [2.75, 3.05) is 11.9 Å². The number of carboxylic acids is 1. The lowest BCUT2D eigenvalue weighted by molar-refractivity contribution is -0.137. The Labute approximate surface area is 118 Å². The maximum absolute atomic E-state index is 10.6. The monoisotopic (exact) mass is 285 g/mol. The number of hydrogen-bond donors (Lipinski definition) is 2. The van der Waals surface area contributed by atoms with Crippen molar-refractivity contribution in [3.05, 3.63) is 17.3 Å². The van der Waals surface area contributed by atoms with Crippen LogP contribution in [0.15, 0.2) is 12.1 Å². The zero-order valence-corrected chi connectivity index (χ0v) is 11.9. The summed E-state index contributed by atoms with van der Waals surface area (Å²) in [4.78, 5) is 10.6. The van der Waals surface area contributed by atoms with Gasteiger partial charge in [-0.3, -0.25) is 4.79 Å². The molecule has 1 aromatic heterocycles. The molecule has 19 heavy (non-hydrogen) atoms. The summed E-state index contributed by atoms with van der Waals surface area (Å²) >= 11 is 5.65. The maximum Gasteiger partial charge on any atom is 0.303 e. The third-order valence-corrected chi connectivity index (χ3v) is 3.16. The second kappa shape index (κ2) is 8.69. The summed E-state index contributed by atoms with van der Waals surface area (Å²) in [5.41, 5.74) is 0. The second-order valence-corrected chi connectivity index (χ2v) is 4.93. The van der Waals surface area contributed by atoms with Gasteiger partial charge in [0.25, 0.3) is 0 Å². The Bertz CT molecular complexity index is 384. The molecular weight excluding hydrogens is 266 g/mol. The summed E-state index contributed by atoms with van der Waals surface area (Å²) in [5.74, 6) is 0.407. The SMILES string of the molecule is CCCC(CCNc1ccc(Cl)nn1)CCC(=O)O. The predicted molar refractivity (Wildman–Crippen MR) is 75.4 cm³/mol. The molecule has 6 heteroatoms. The molecule has 0 aromatic carbocycles. The number of aromatic nitrogens is 2. The fourth-order valence-electron chi connectivity index (χ4n) is 1.98. The molecule has 0 aliphatic carbocycles. The molecule has 0 radical (unpaired) electrons. The first kappa shape index (κ1) is 15.7. The van der Waals surface area contributed by atoms with Crippen molar-refractivity contribution in [2.45, 2.75) is 39.0 Å². The molecule has 0 fully saturated rings. The molecule has 0 amide bonds. The molecule has 2 N–H and O–H groups in total. The Hall–Kier alpha value is -1.36. The number of halogens is 1. The summed E-state index contributed by atoms with van der Waals surface area (Å²) < 4.78 is 0. The van der Waals surface area contributed by atoms with E-state index in [9.17, 15) is 4.79 Å². The highest BCUT2D eigenvalue weighted by Gasteiger charge is 2.10. The fourth-order valence-corrected chi connectivity index (χ4v) is 2.08. The first-order chi connectivity index (χ1) is 9.11. The van der Waals surface area contributed by atoms with Gasteiger partial charge in [0.15, 0.2) is 5.15 Å². The summed E-state index contributed by atoms with van der Waals surface area (Å²) in [6.07, 6.45) is 4.04. The number of nitrogens with one attached hydrogen (secondary N) is 1. The van der Waals surface area contributed by atoms with E-state index in [1.165, 1.54) is 0 Å². The molecule has 106 valence electrons. The van der Waals surface area contributed by atoms with Crippen molar-refractivity contribution in [1.82, 2.24) is 10.2 Å². The lowest BCUT2D eigenvalue weighted by Crippen LogP contribution is -2.11. The van der Waals surface area contributed by atoms with E-state index in [2.05, 4.69) is 22.4 Å². The number of carboxylic acid groups (broad SMARTS) is 1. The standard InChI is InChI=1S/C13H20ClN3O2/c1-2-3-10(4-7-13(18)19)8-9-15-12-6-5-11(14)16-17-12/h5-6,10H,2-4,7-9H2,1H3,(H,15,17)(H,18,19). The van der Waals surface area contributed by atoms with Crippen LogP contribution in [0, 0.1) is 5.92 Å². The Morgan fingerprint density at radius 1 is 1.37 bits per heavy atom. The average molecular weight is 286 g/mol. The molecule has 0 saturated heterocycles. The molecule has 0 aliphatic heterocycles. The minimum absolute atomic E-state index is 0.241. The Kier molecular flexibility index (Phi) is 7.18. The van der Waals surface area contributed by atoms with Crippen LogP contribution in [0.5, 0.6) is 0 Å². The summed E-state index contributed by atoms with van der Waals surface area (Å²) in [6.45, 7) is 2.88. The van der Waals surface area contributed by atoms with Crippen molar-refractivity contribution in [3.8, 4) is 0 Å². The van der Waals surface area contributed by atoms with Crippen LogP contribution in [-0.4, -0.2) is 27.8 Å². The Morgan fingerprint density at radius 2 is 2.16 bits per heavy atom. The van der Waals surface area contributed by atoms with Gasteiger partial charge in [-0.15, -0.1) is 10.2 Å². The second-order valence-electron chi connectivity index (χ2n) is 4.54. The van der Waals surface area contributed by atoms with Crippen LogP contribution in [0.1, 0.15) is 39.0 Å². The smallest absolute Gasteiger partial charge is 0.303 e. The number of carbonyl (C=O) groups is 1. The van der Waals surface area contributed by atoms with Gasteiger partial charge in [0.1, 0.15) is 5.82 Å². The highest BCUT2D eigenvalue weighted by molar-refractivity contribution is 6.29. The van der Waals surface area contributed by atoms with Gasteiger partial charge in [-0.2, -0.15) is 0 Å². The van der Waals surface area contributed by atoms with E-state index in [1.807, 2.05) is 0 Å². The molecule has 5 nitrogen and oxygen atoms in total. The molecule has 1 aromatic rings. The van der Waals surface area contributed by atoms with Crippen LogP contribution in [0.3, 0.4) is 0 Å². The molecule has 0 bridgehead atoms. The molecule has 1 unspecified atom stereocenters. The van der Waals surface area contributed by atoms with E-state index < -0.39 is 5.97 Å². The topological polar surface area (TPSA) is 75.1 Å². The van der Waals surface area contributed by atoms with Crippen molar-refractivity contribution >= 4 is 23.4 Å². The molecule has 0 spiro atoms. The van der Waals surface area contributed by atoms with Crippen LogP contribution < -0.4 is 5.32 Å². The van der Waals surface area contributed by atoms with E-state index in [1.54, 1.807) is 12.1 Å². The van der Waals surface area contributed by atoms with Gasteiger partial charge in [0, 0.05) is 13.0 Å². The van der Waals surface area contributed by atoms with Gasteiger partial charge in [-0.1, -0.05) is 31.4 Å². The number of rotatable bonds is 9. The zero-order chi connectivity index (χ0) is 14.1. The van der Waals surface area contributed by atoms with Crippen LogP contribution in [0.2, 0.25) is 5.15 Å². The lowest BCUT2D eigenvalue weighted by atomic mass is 9.94. The highest BCUT2D eigenvalue weighted by atomic mass is 35.5. The summed E-state index contributed by atoms with van der Waals surface area (Å²) in [7, 11) is 0. The maximum atomic E-state index is 10.6. The normalized spacial score (nSPS) is 12.1. The van der Waals surface area contributed by atoms with Gasteiger partial charge >= 0.3 is 5.97 Å². The minimum Gasteiger partial charge on any atom is -0.481 e.